The molecule has 1 aliphatic rings. The molecule has 21 heavy (non-hydrogen) atoms. The zero-order valence-electron chi connectivity index (χ0n) is 11.2. The Labute approximate surface area is 127 Å². The summed E-state index contributed by atoms with van der Waals surface area (Å²) in [4.78, 5) is 11.8. The molecule has 1 aromatic heterocycles. The van der Waals surface area contributed by atoms with Crippen LogP contribution in [-0.4, -0.2) is 11.1 Å². The van der Waals surface area contributed by atoms with Gasteiger partial charge in [-0.2, -0.15) is 0 Å². The van der Waals surface area contributed by atoms with Crippen molar-refractivity contribution in [2.24, 2.45) is 0 Å². The number of amides is 1. The van der Waals surface area contributed by atoms with Crippen LogP contribution in [0.4, 0.5) is 0 Å². The van der Waals surface area contributed by atoms with Crippen LogP contribution in [0.5, 0.6) is 0 Å². The van der Waals surface area contributed by atoms with Crippen LogP contribution in [-0.2, 0) is 11.3 Å². The number of rotatable bonds is 4. The first-order valence-corrected chi connectivity index (χ1v) is 6.95. The minimum Gasteiger partial charge on any atom is -0.359 e. The summed E-state index contributed by atoms with van der Waals surface area (Å²) < 4.78 is 5.23. The maximum atomic E-state index is 11.8. The van der Waals surface area contributed by atoms with Gasteiger partial charge in [-0.1, -0.05) is 47.1 Å². The normalized spacial score (nSPS) is 13.3. The Morgan fingerprint density at radius 2 is 2.14 bits per heavy atom. The van der Waals surface area contributed by atoms with Gasteiger partial charge in [0.1, 0.15) is 5.69 Å². The number of aromatic nitrogens is 1. The molecule has 2 aromatic rings. The summed E-state index contributed by atoms with van der Waals surface area (Å²) in [7, 11) is 0. The number of carbonyl (C=O) groups is 1. The molecule has 0 aliphatic heterocycles. The van der Waals surface area contributed by atoms with Gasteiger partial charge in [-0.15, -0.1) is 0 Å². The van der Waals surface area contributed by atoms with Gasteiger partial charge in [-0.3, -0.25) is 4.79 Å². The van der Waals surface area contributed by atoms with Crippen LogP contribution in [0.2, 0.25) is 5.02 Å². The summed E-state index contributed by atoms with van der Waals surface area (Å²) in [5.41, 5.74) is 2.40. The van der Waals surface area contributed by atoms with Crippen molar-refractivity contribution in [2.45, 2.75) is 13.0 Å². The quantitative estimate of drug-likeness (QED) is 0.940. The van der Waals surface area contributed by atoms with Gasteiger partial charge < -0.3 is 9.84 Å². The number of carbonyl (C=O) groups excluding carboxylic acids is 1. The van der Waals surface area contributed by atoms with Gasteiger partial charge in [0.05, 0.1) is 6.54 Å². The van der Waals surface area contributed by atoms with E-state index in [1.807, 2.05) is 36.4 Å². The smallest absolute Gasteiger partial charge is 0.247 e. The number of halogens is 1. The summed E-state index contributed by atoms with van der Waals surface area (Å²) in [5.74, 6) is 0.532. The van der Waals surface area contributed by atoms with Gasteiger partial charge in [0.15, 0.2) is 5.76 Å². The minimum absolute atomic E-state index is 0.0792. The molecule has 1 heterocycles. The maximum Gasteiger partial charge on any atom is 0.247 e. The van der Waals surface area contributed by atoms with Crippen molar-refractivity contribution in [3.63, 3.8) is 0 Å². The Hall–Kier alpha value is -2.33. The molecule has 0 saturated heterocycles. The highest BCUT2D eigenvalue weighted by molar-refractivity contribution is 6.30. The monoisotopic (exact) mass is 300 g/mol. The summed E-state index contributed by atoms with van der Waals surface area (Å²) in [6.07, 6.45) is 6.32. The predicted octanol–water partition coefficient (Wildman–Crippen LogP) is 3.50. The van der Waals surface area contributed by atoms with E-state index in [1.54, 1.807) is 12.1 Å². The van der Waals surface area contributed by atoms with Gasteiger partial charge in [-0.05, 0) is 18.6 Å². The zero-order chi connectivity index (χ0) is 14.7. The van der Waals surface area contributed by atoms with Gasteiger partial charge in [0.2, 0.25) is 5.91 Å². The van der Waals surface area contributed by atoms with Crippen molar-refractivity contribution in [1.82, 2.24) is 10.5 Å². The molecule has 1 aliphatic carbocycles. The highest BCUT2D eigenvalue weighted by Crippen LogP contribution is 2.21. The average molecular weight is 301 g/mol. The number of hydrogen-bond acceptors (Lipinski definition) is 3. The second kappa shape index (κ2) is 5.97. The lowest BCUT2D eigenvalue weighted by atomic mass is 10.1. The van der Waals surface area contributed by atoms with E-state index >= 15 is 0 Å². The maximum absolute atomic E-state index is 11.8. The average Bonchev–Trinajstić information content (AvgIpc) is 3.17. The van der Waals surface area contributed by atoms with Crippen molar-refractivity contribution in [2.75, 3.05) is 0 Å². The third kappa shape index (κ3) is 3.23. The van der Waals surface area contributed by atoms with E-state index in [1.165, 1.54) is 0 Å². The lowest BCUT2D eigenvalue weighted by Crippen LogP contribution is -2.23. The Kier molecular flexibility index (Phi) is 3.88. The van der Waals surface area contributed by atoms with Crippen LogP contribution >= 0.6 is 11.6 Å². The molecule has 3 rings (SSSR count). The second-order valence-corrected chi connectivity index (χ2v) is 5.13. The van der Waals surface area contributed by atoms with Crippen molar-refractivity contribution >= 4 is 17.5 Å². The summed E-state index contributed by atoms with van der Waals surface area (Å²) >= 11 is 5.85. The van der Waals surface area contributed by atoms with Gasteiger partial charge in [0.25, 0.3) is 0 Å². The van der Waals surface area contributed by atoms with E-state index in [0.29, 0.717) is 23.7 Å². The highest BCUT2D eigenvalue weighted by atomic mass is 35.5. The summed E-state index contributed by atoms with van der Waals surface area (Å²) in [5, 5.41) is 7.48. The van der Waals surface area contributed by atoms with Gasteiger partial charge in [0, 0.05) is 22.2 Å². The van der Waals surface area contributed by atoms with Crippen molar-refractivity contribution < 1.29 is 9.32 Å². The van der Waals surface area contributed by atoms with Crippen molar-refractivity contribution in [1.29, 1.82) is 0 Å². The van der Waals surface area contributed by atoms with Crippen LogP contribution in [0.3, 0.4) is 0 Å². The first-order valence-electron chi connectivity index (χ1n) is 6.58. The lowest BCUT2D eigenvalue weighted by Gasteiger charge is -2.02. The van der Waals surface area contributed by atoms with E-state index in [9.17, 15) is 4.79 Å². The number of benzene rings is 1. The number of nitrogens with one attached hydrogen (secondary N) is 1. The molecule has 5 heteroatoms. The first-order chi connectivity index (χ1) is 10.2. The fourth-order valence-corrected chi connectivity index (χ4v) is 2.18. The molecule has 0 spiro atoms. The first kappa shape index (κ1) is 13.6. The Morgan fingerprint density at radius 1 is 1.33 bits per heavy atom. The molecule has 1 aromatic carbocycles. The fraction of sp³-hybridized carbons (Fsp3) is 0.125. The largest absolute Gasteiger partial charge is 0.359 e. The Morgan fingerprint density at radius 3 is 2.86 bits per heavy atom. The standard InChI is InChI=1S/C16H13ClN2O2/c17-13-7-5-11(6-8-13)15-9-14(21-19-15)10-18-16(20)12-3-1-2-4-12/h1-3,5-9H,4,10H2,(H,18,20). The molecule has 0 radical (unpaired) electrons. The molecular formula is C16H13ClN2O2. The number of allylic oxidation sites excluding steroid dienone is 3. The molecule has 1 amide bonds. The van der Waals surface area contributed by atoms with Crippen molar-refractivity contribution in [3.8, 4) is 11.3 Å². The minimum atomic E-state index is -0.0792. The molecule has 0 fully saturated rings. The molecule has 106 valence electrons. The number of hydrogen-bond donors (Lipinski definition) is 1. The fourth-order valence-electron chi connectivity index (χ4n) is 2.05. The molecule has 0 atom stereocenters. The van der Waals surface area contributed by atoms with E-state index < -0.39 is 0 Å². The van der Waals surface area contributed by atoms with Crippen LogP contribution in [0, 0.1) is 0 Å². The summed E-state index contributed by atoms with van der Waals surface area (Å²) in [6.45, 7) is 0.316. The summed E-state index contributed by atoms with van der Waals surface area (Å²) in [6, 6.07) is 9.15. The molecular weight excluding hydrogens is 288 g/mol. The zero-order valence-corrected chi connectivity index (χ0v) is 11.9. The third-order valence-electron chi connectivity index (χ3n) is 3.19. The van der Waals surface area contributed by atoms with Gasteiger partial charge in [-0.25, -0.2) is 0 Å². The number of nitrogens with zero attached hydrogens (tertiary/aromatic N) is 1. The van der Waals surface area contributed by atoms with Crippen LogP contribution in [0.25, 0.3) is 11.3 Å². The lowest BCUT2D eigenvalue weighted by molar-refractivity contribution is -0.117. The van der Waals surface area contributed by atoms with Crippen LogP contribution < -0.4 is 5.32 Å². The van der Waals surface area contributed by atoms with Crippen LogP contribution in [0.1, 0.15) is 12.2 Å². The van der Waals surface area contributed by atoms with Gasteiger partial charge >= 0.3 is 0 Å². The van der Waals surface area contributed by atoms with E-state index in [0.717, 1.165) is 16.8 Å². The highest BCUT2D eigenvalue weighted by Gasteiger charge is 2.12. The topological polar surface area (TPSA) is 55.1 Å². The SMILES string of the molecule is O=C(NCc1cc(-c2ccc(Cl)cc2)no1)C1=CC=CC1. The Bertz CT molecular complexity index is 714. The van der Waals surface area contributed by atoms with E-state index in [2.05, 4.69) is 10.5 Å². The molecule has 0 bridgehead atoms. The molecule has 0 unspecified atom stereocenters. The van der Waals surface area contributed by atoms with Crippen LogP contribution in [0.15, 0.2) is 58.7 Å². The Balaban J connectivity index is 1.62. The van der Waals surface area contributed by atoms with E-state index in [-0.39, 0.29) is 5.91 Å². The second-order valence-electron chi connectivity index (χ2n) is 4.69. The third-order valence-corrected chi connectivity index (χ3v) is 3.44. The molecule has 0 saturated carbocycles. The van der Waals surface area contributed by atoms with Crippen molar-refractivity contribution in [3.05, 3.63) is 64.9 Å². The predicted molar refractivity (Wildman–Crippen MR) is 80.6 cm³/mol. The molecule has 1 N–H and O–H groups in total. The molecule has 4 nitrogen and oxygen atoms in total. The van der Waals surface area contributed by atoms with E-state index in [4.69, 9.17) is 16.1 Å².